The maximum Gasteiger partial charge on any atom is 0.132 e. The number of ether oxygens (including phenoxy) is 1. The van der Waals surface area contributed by atoms with Gasteiger partial charge in [-0.25, -0.2) is 0 Å². The van der Waals surface area contributed by atoms with E-state index in [1.807, 2.05) is 0 Å². The molecule has 0 bridgehead atoms. The van der Waals surface area contributed by atoms with Crippen LogP contribution >= 0.6 is 0 Å². The third kappa shape index (κ3) is 2.77. The molecule has 1 nitrogen and oxygen atoms in total. The van der Waals surface area contributed by atoms with E-state index < -0.39 is 0 Å². The number of fused-ring (bicyclic) bond motifs is 5. The van der Waals surface area contributed by atoms with Crippen LogP contribution < -0.4 is 4.74 Å². The van der Waals surface area contributed by atoms with Crippen LogP contribution in [-0.4, -0.2) is 0 Å². The Morgan fingerprint density at radius 3 is 1.97 bits per heavy atom. The van der Waals surface area contributed by atoms with E-state index >= 15 is 0 Å². The summed E-state index contributed by atoms with van der Waals surface area (Å²) in [6.45, 7) is 6.94. The second kappa shape index (κ2) is 7.45. The van der Waals surface area contributed by atoms with E-state index in [1.54, 1.807) is 0 Å². The van der Waals surface area contributed by atoms with E-state index in [-0.39, 0.29) is 10.8 Å². The fraction of sp³-hybridized carbons (Fsp3) is 0.143. The molecule has 0 radical (unpaired) electrons. The molecule has 174 valence electrons. The van der Waals surface area contributed by atoms with Crippen molar-refractivity contribution in [1.29, 1.82) is 0 Å². The molecule has 0 saturated carbocycles. The highest BCUT2D eigenvalue weighted by Gasteiger charge is 2.42. The van der Waals surface area contributed by atoms with Crippen LogP contribution in [0.5, 0.6) is 11.5 Å². The summed E-state index contributed by atoms with van der Waals surface area (Å²) in [5.74, 6) is 1.90. The predicted octanol–water partition coefficient (Wildman–Crippen LogP) is 9.12. The second-order valence-electron chi connectivity index (χ2n) is 10.7. The van der Waals surface area contributed by atoms with E-state index in [0.29, 0.717) is 0 Å². The van der Waals surface area contributed by atoms with Gasteiger partial charge in [0.05, 0.1) is 0 Å². The molecule has 0 fully saturated rings. The van der Waals surface area contributed by atoms with Gasteiger partial charge in [-0.05, 0) is 58.0 Å². The van der Waals surface area contributed by atoms with E-state index in [0.717, 1.165) is 11.5 Å². The van der Waals surface area contributed by atoms with Crippen LogP contribution in [0.4, 0.5) is 0 Å². The van der Waals surface area contributed by atoms with Gasteiger partial charge in [-0.1, -0.05) is 117 Å². The van der Waals surface area contributed by atoms with Gasteiger partial charge in [-0.3, -0.25) is 0 Å². The highest BCUT2D eigenvalue weighted by molar-refractivity contribution is 5.94. The molecule has 1 aliphatic carbocycles. The minimum absolute atomic E-state index is 0.111. The summed E-state index contributed by atoms with van der Waals surface area (Å²) in [5.41, 5.74) is 11.3. The van der Waals surface area contributed by atoms with Crippen LogP contribution in [0.15, 0.2) is 115 Å². The number of para-hydroxylation sites is 1. The van der Waals surface area contributed by atoms with Crippen molar-refractivity contribution in [2.45, 2.75) is 31.6 Å². The Labute approximate surface area is 213 Å². The zero-order valence-electron chi connectivity index (χ0n) is 20.9. The lowest BCUT2D eigenvalue weighted by Gasteiger charge is -2.34. The molecule has 5 aromatic carbocycles. The molecule has 1 atom stereocenters. The number of rotatable bonds is 2. The first kappa shape index (κ1) is 21.2. The Kier molecular flexibility index (Phi) is 4.39. The van der Waals surface area contributed by atoms with E-state index in [1.165, 1.54) is 50.1 Å². The maximum absolute atomic E-state index is 6.47. The molecule has 1 heterocycles. The Hall–Kier alpha value is -4.10. The van der Waals surface area contributed by atoms with Crippen molar-refractivity contribution in [3.8, 4) is 33.8 Å². The zero-order chi connectivity index (χ0) is 24.5. The molecule has 36 heavy (non-hydrogen) atoms. The topological polar surface area (TPSA) is 9.23 Å². The van der Waals surface area contributed by atoms with Crippen molar-refractivity contribution < 1.29 is 4.74 Å². The third-order valence-electron chi connectivity index (χ3n) is 8.44. The Balaban J connectivity index is 1.44. The van der Waals surface area contributed by atoms with Gasteiger partial charge in [0.15, 0.2) is 0 Å². The highest BCUT2D eigenvalue weighted by atomic mass is 16.5. The summed E-state index contributed by atoms with van der Waals surface area (Å²) >= 11 is 0. The van der Waals surface area contributed by atoms with Crippen molar-refractivity contribution in [3.63, 3.8) is 0 Å². The Bertz CT molecular complexity index is 1640. The lowest BCUT2D eigenvalue weighted by atomic mass is 9.74. The lowest BCUT2D eigenvalue weighted by Crippen LogP contribution is -2.24. The van der Waals surface area contributed by atoms with Crippen molar-refractivity contribution >= 4 is 0 Å². The van der Waals surface area contributed by atoms with Crippen LogP contribution in [0.3, 0.4) is 0 Å². The quantitative estimate of drug-likeness (QED) is 0.253. The SMILES string of the molecule is CC1(C)c2ccccc2Oc2cc(-c3cccc4c3-c3ccccc3C4(C)c3ccccc3)ccc21. The predicted molar refractivity (Wildman–Crippen MR) is 148 cm³/mol. The molecule has 0 spiro atoms. The largest absolute Gasteiger partial charge is 0.457 e. The molecule has 1 unspecified atom stereocenters. The van der Waals surface area contributed by atoms with Gasteiger partial charge in [-0.15, -0.1) is 0 Å². The molecule has 0 aromatic heterocycles. The number of hydrogen-bond donors (Lipinski definition) is 0. The summed E-state index contributed by atoms with van der Waals surface area (Å²) in [4.78, 5) is 0. The van der Waals surface area contributed by atoms with Gasteiger partial charge < -0.3 is 4.74 Å². The molecule has 2 aliphatic rings. The van der Waals surface area contributed by atoms with Crippen LogP contribution in [0.1, 0.15) is 48.6 Å². The maximum atomic E-state index is 6.47. The van der Waals surface area contributed by atoms with Crippen LogP contribution in [0.2, 0.25) is 0 Å². The first-order valence-electron chi connectivity index (χ1n) is 12.7. The van der Waals surface area contributed by atoms with Gasteiger partial charge in [-0.2, -0.15) is 0 Å². The Morgan fingerprint density at radius 1 is 0.500 bits per heavy atom. The van der Waals surface area contributed by atoms with Gasteiger partial charge in [0.1, 0.15) is 11.5 Å². The monoisotopic (exact) mass is 464 g/mol. The minimum atomic E-state index is -0.200. The van der Waals surface area contributed by atoms with Gasteiger partial charge in [0, 0.05) is 22.0 Å². The standard InChI is InChI=1S/C35H28O/c1-34(2)28-17-9-10-19-31(28)36-32-22-23(20-21-29(32)34)25-15-11-18-30-33(25)26-14-7-8-16-27(26)35(30,3)24-12-5-4-6-13-24/h4-22H,1-3H3. The van der Waals surface area contributed by atoms with Crippen LogP contribution in [0.25, 0.3) is 22.3 Å². The molecule has 5 aromatic rings. The summed E-state index contributed by atoms with van der Waals surface area (Å²) < 4.78 is 6.47. The fourth-order valence-corrected chi connectivity index (χ4v) is 6.49. The first-order valence-corrected chi connectivity index (χ1v) is 12.7. The van der Waals surface area contributed by atoms with E-state index in [9.17, 15) is 0 Å². The van der Waals surface area contributed by atoms with Gasteiger partial charge >= 0.3 is 0 Å². The first-order chi connectivity index (χ1) is 17.5. The number of hydrogen-bond acceptors (Lipinski definition) is 1. The summed E-state index contributed by atoms with van der Waals surface area (Å²) in [6, 6.07) is 41.7. The molecule has 1 heteroatoms. The van der Waals surface area contributed by atoms with Crippen molar-refractivity contribution in [2.75, 3.05) is 0 Å². The number of benzene rings is 5. The molecule has 0 amide bonds. The normalized spacial score (nSPS) is 18.4. The molecule has 7 rings (SSSR count). The highest BCUT2D eigenvalue weighted by Crippen LogP contribution is 2.56. The minimum Gasteiger partial charge on any atom is -0.457 e. The van der Waals surface area contributed by atoms with Crippen molar-refractivity contribution in [3.05, 3.63) is 143 Å². The van der Waals surface area contributed by atoms with Gasteiger partial charge in [0.25, 0.3) is 0 Å². The summed E-state index contributed by atoms with van der Waals surface area (Å²) in [6.07, 6.45) is 0. The summed E-state index contributed by atoms with van der Waals surface area (Å²) in [5, 5.41) is 0. The van der Waals surface area contributed by atoms with Crippen LogP contribution in [0, 0.1) is 0 Å². The third-order valence-corrected chi connectivity index (χ3v) is 8.44. The van der Waals surface area contributed by atoms with E-state index in [4.69, 9.17) is 4.74 Å². The second-order valence-corrected chi connectivity index (χ2v) is 10.7. The molecular formula is C35H28O. The lowest BCUT2D eigenvalue weighted by molar-refractivity contribution is 0.418. The van der Waals surface area contributed by atoms with Gasteiger partial charge in [0.2, 0.25) is 0 Å². The molecular weight excluding hydrogens is 436 g/mol. The smallest absolute Gasteiger partial charge is 0.132 e. The Morgan fingerprint density at radius 2 is 1.14 bits per heavy atom. The average molecular weight is 465 g/mol. The van der Waals surface area contributed by atoms with Crippen LogP contribution in [-0.2, 0) is 10.8 Å². The molecule has 0 N–H and O–H groups in total. The van der Waals surface area contributed by atoms with Crippen molar-refractivity contribution in [2.24, 2.45) is 0 Å². The average Bonchev–Trinajstić information content (AvgIpc) is 3.19. The molecule has 0 saturated heterocycles. The van der Waals surface area contributed by atoms with E-state index in [2.05, 4.69) is 136 Å². The zero-order valence-corrected chi connectivity index (χ0v) is 20.9. The molecule has 1 aliphatic heterocycles. The summed E-state index contributed by atoms with van der Waals surface area (Å²) in [7, 11) is 0. The fourth-order valence-electron chi connectivity index (χ4n) is 6.49. The van der Waals surface area contributed by atoms with Crippen molar-refractivity contribution in [1.82, 2.24) is 0 Å².